The van der Waals surface area contributed by atoms with E-state index in [1.165, 1.54) is 5.56 Å². The first kappa shape index (κ1) is 8.73. The van der Waals surface area contributed by atoms with Crippen LogP contribution in [0.15, 0.2) is 30.3 Å². The molecule has 0 amide bonds. The van der Waals surface area contributed by atoms with Crippen molar-refractivity contribution in [3.63, 3.8) is 0 Å². The van der Waals surface area contributed by atoms with Crippen LogP contribution in [0.4, 0.5) is 0 Å². The van der Waals surface area contributed by atoms with Gasteiger partial charge in [0, 0.05) is 31.5 Å². The van der Waals surface area contributed by atoms with Crippen LogP contribution in [0.3, 0.4) is 0 Å². The first-order valence-corrected chi connectivity index (χ1v) is 4.78. The average molecular weight is 177 g/mol. The molecule has 2 atom stereocenters. The van der Waals surface area contributed by atoms with Crippen molar-refractivity contribution in [2.75, 3.05) is 19.7 Å². The van der Waals surface area contributed by atoms with Crippen molar-refractivity contribution in [1.29, 1.82) is 0 Å². The minimum Gasteiger partial charge on any atom is -0.396 e. The van der Waals surface area contributed by atoms with Gasteiger partial charge in [-0.2, -0.15) is 0 Å². The Labute approximate surface area is 78.6 Å². The molecular weight excluding hydrogens is 162 g/mol. The van der Waals surface area contributed by atoms with Gasteiger partial charge in [0.1, 0.15) is 0 Å². The number of hydrogen-bond acceptors (Lipinski definition) is 2. The Morgan fingerprint density at radius 2 is 2.00 bits per heavy atom. The number of rotatable bonds is 2. The predicted molar refractivity (Wildman–Crippen MR) is 52.6 cm³/mol. The quantitative estimate of drug-likeness (QED) is 0.706. The lowest BCUT2D eigenvalue weighted by Gasteiger charge is -2.15. The van der Waals surface area contributed by atoms with Gasteiger partial charge < -0.3 is 10.4 Å². The number of aliphatic hydroxyl groups is 1. The van der Waals surface area contributed by atoms with Crippen molar-refractivity contribution in [2.45, 2.75) is 5.92 Å². The molecule has 0 aliphatic carbocycles. The van der Waals surface area contributed by atoms with Gasteiger partial charge in [0.05, 0.1) is 0 Å². The van der Waals surface area contributed by atoms with E-state index < -0.39 is 0 Å². The van der Waals surface area contributed by atoms with Gasteiger partial charge in [-0.3, -0.25) is 0 Å². The van der Waals surface area contributed by atoms with Gasteiger partial charge in [0.25, 0.3) is 0 Å². The molecule has 2 nitrogen and oxygen atoms in total. The maximum atomic E-state index is 9.16. The molecule has 2 heteroatoms. The third-order valence-electron chi connectivity index (χ3n) is 2.80. The molecule has 1 heterocycles. The standard InChI is InChI=1S/C11H15NO/c13-8-10-6-12-7-11(10)9-4-2-1-3-5-9/h1-5,10-13H,6-8H2. The summed E-state index contributed by atoms with van der Waals surface area (Å²) in [6.45, 7) is 2.22. The van der Waals surface area contributed by atoms with E-state index in [4.69, 9.17) is 5.11 Å². The smallest absolute Gasteiger partial charge is 0.0477 e. The molecule has 0 bridgehead atoms. The zero-order valence-corrected chi connectivity index (χ0v) is 7.61. The SMILES string of the molecule is OCC1CNCC1c1ccccc1. The van der Waals surface area contributed by atoms with Gasteiger partial charge in [-0.15, -0.1) is 0 Å². The van der Waals surface area contributed by atoms with Crippen LogP contribution < -0.4 is 5.32 Å². The average Bonchev–Trinajstić information content (AvgIpc) is 2.67. The number of hydrogen-bond donors (Lipinski definition) is 2. The van der Waals surface area contributed by atoms with Crippen molar-refractivity contribution in [3.8, 4) is 0 Å². The Kier molecular flexibility index (Phi) is 2.62. The summed E-state index contributed by atoms with van der Waals surface area (Å²) in [5, 5.41) is 12.5. The molecule has 0 radical (unpaired) electrons. The Bertz CT molecular complexity index is 260. The van der Waals surface area contributed by atoms with Crippen molar-refractivity contribution in [1.82, 2.24) is 5.32 Å². The lowest BCUT2D eigenvalue weighted by atomic mass is 9.90. The minimum absolute atomic E-state index is 0.284. The van der Waals surface area contributed by atoms with Gasteiger partial charge in [0.15, 0.2) is 0 Å². The summed E-state index contributed by atoms with van der Waals surface area (Å²) >= 11 is 0. The molecule has 2 unspecified atom stereocenters. The summed E-state index contributed by atoms with van der Waals surface area (Å²) in [6, 6.07) is 10.4. The predicted octanol–water partition coefficient (Wildman–Crippen LogP) is 0.982. The fourth-order valence-corrected chi connectivity index (χ4v) is 2.02. The van der Waals surface area contributed by atoms with Crippen LogP contribution in [0.25, 0.3) is 0 Å². The van der Waals surface area contributed by atoms with E-state index in [9.17, 15) is 0 Å². The number of aliphatic hydroxyl groups excluding tert-OH is 1. The Balaban J connectivity index is 2.16. The number of nitrogens with one attached hydrogen (secondary N) is 1. The molecule has 70 valence electrons. The first-order chi connectivity index (χ1) is 6.42. The molecule has 1 aliphatic heterocycles. The van der Waals surface area contributed by atoms with E-state index in [-0.39, 0.29) is 6.61 Å². The van der Waals surface area contributed by atoms with Gasteiger partial charge in [-0.1, -0.05) is 30.3 Å². The van der Waals surface area contributed by atoms with Gasteiger partial charge in [0.2, 0.25) is 0 Å². The lowest BCUT2D eigenvalue weighted by Crippen LogP contribution is -2.14. The molecule has 1 saturated heterocycles. The van der Waals surface area contributed by atoms with Gasteiger partial charge in [-0.25, -0.2) is 0 Å². The molecule has 1 aromatic rings. The summed E-state index contributed by atoms with van der Waals surface area (Å²) in [4.78, 5) is 0. The second-order valence-electron chi connectivity index (χ2n) is 3.62. The fourth-order valence-electron chi connectivity index (χ4n) is 2.02. The molecule has 13 heavy (non-hydrogen) atoms. The van der Waals surface area contributed by atoms with E-state index in [0.717, 1.165) is 13.1 Å². The number of benzene rings is 1. The Morgan fingerprint density at radius 1 is 1.23 bits per heavy atom. The molecule has 1 aliphatic rings. The van der Waals surface area contributed by atoms with E-state index in [2.05, 4.69) is 29.6 Å². The topological polar surface area (TPSA) is 32.3 Å². The molecule has 0 saturated carbocycles. The maximum Gasteiger partial charge on any atom is 0.0477 e. The Hall–Kier alpha value is -0.860. The van der Waals surface area contributed by atoms with Crippen molar-refractivity contribution < 1.29 is 5.11 Å². The van der Waals surface area contributed by atoms with Crippen LogP contribution >= 0.6 is 0 Å². The molecule has 0 spiro atoms. The molecular formula is C11H15NO. The van der Waals surface area contributed by atoms with Gasteiger partial charge in [-0.05, 0) is 5.56 Å². The van der Waals surface area contributed by atoms with Crippen LogP contribution in [0.2, 0.25) is 0 Å². The van der Waals surface area contributed by atoms with Crippen molar-refractivity contribution in [2.24, 2.45) is 5.92 Å². The second-order valence-corrected chi connectivity index (χ2v) is 3.62. The van der Waals surface area contributed by atoms with E-state index in [0.29, 0.717) is 11.8 Å². The van der Waals surface area contributed by atoms with Crippen molar-refractivity contribution >= 4 is 0 Å². The lowest BCUT2D eigenvalue weighted by molar-refractivity contribution is 0.226. The largest absolute Gasteiger partial charge is 0.396 e. The highest BCUT2D eigenvalue weighted by molar-refractivity contribution is 5.22. The first-order valence-electron chi connectivity index (χ1n) is 4.78. The van der Waals surface area contributed by atoms with E-state index in [1.54, 1.807) is 0 Å². The summed E-state index contributed by atoms with van der Waals surface area (Å²) in [5.41, 5.74) is 1.34. The summed E-state index contributed by atoms with van der Waals surface area (Å²) in [7, 11) is 0. The Morgan fingerprint density at radius 3 is 2.69 bits per heavy atom. The molecule has 1 aromatic carbocycles. The fraction of sp³-hybridized carbons (Fsp3) is 0.455. The highest BCUT2D eigenvalue weighted by Crippen LogP contribution is 2.27. The van der Waals surface area contributed by atoms with E-state index >= 15 is 0 Å². The van der Waals surface area contributed by atoms with E-state index in [1.807, 2.05) is 6.07 Å². The van der Waals surface area contributed by atoms with Crippen LogP contribution in [0.5, 0.6) is 0 Å². The van der Waals surface area contributed by atoms with Crippen molar-refractivity contribution in [3.05, 3.63) is 35.9 Å². The molecule has 2 N–H and O–H groups in total. The van der Waals surface area contributed by atoms with Crippen LogP contribution in [0, 0.1) is 5.92 Å². The third-order valence-corrected chi connectivity index (χ3v) is 2.80. The zero-order chi connectivity index (χ0) is 9.10. The summed E-state index contributed by atoms with van der Waals surface area (Å²) in [5.74, 6) is 0.883. The monoisotopic (exact) mass is 177 g/mol. The van der Waals surface area contributed by atoms with Crippen LogP contribution in [-0.2, 0) is 0 Å². The zero-order valence-electron chi connectivity index (χ0n) is 7.61. The normalized spacial score (nSPS) is 27.8. The van der Waals surface area contributed by atoms with Crippen LogP contribution in [0.1, 0.15) is 11.5 Å². The molecule has 1 fully saturated rings. The maximum absolute atomic E-state index is 9.16. The molecule has 2 rings (SSSR count). The summed E-state index contributed by atoms with van der Waals surface area (Å²) in [6.07, 6.45) is 0. The summed E-state index contributed by atoms with van der Waals surface area (Å²) < 4.78 is 0. The minimum atomic E-state index is 0.284. The van der Waals surface area contributed by atoms with Crippen LogP contribution in [-0.4, -0.2) is 24.8 Å². The second kappa shape index (κ2) is 3.90. The third kappa shape index (κ3) is 1.74. The highest BCUT2D eigenvalue weighted by atomic mass is 16.3. The van der Waals surface area contributed by atoms with Gasteiger partial charge >= 0.3 is 0 Å². The molecule has 0 aromatic heterocycles. The highest BCUT2D eigenvalue weighted by Gasteiger charge is 2.27.